The van der Waals surface area contributed by atoms with Gasteiger partial charge in [-0.05, 0) is 38.6 Å². The van der Waals surface area contributed by atoms with Crippen molar-refractivity contribution in [3.05, 3.63) is 0 Å². The Kier molecular flexibility index (Phi) is 7.52. The second kappa shape index (κ2) is 8.63. The first-order chi connectivity index (χ1) is 9.47. The molecule has 0 aromatic carbocycles. The summed E-state index contributed by atoms with van der Waals surface area (Å²) in [5, 5.41) is 3.30. The van der Waals surface area contributed by atoms with E-state index < -0.39 is 0 Å². The van der Waals surface area contributed by atoms with Crippen LogP contribution in [-0.2, 0) is 9.53 Å². The van der Waals surface area contributed by atoms with E-state index >= 15 is 0 Å². The number of esters is 1. The quantitative estimate of drug-likeness (QED) is 0.729. The Morgan fingerprint density at radius 3 is 2.35 bits per heavy atom. The van der Waals surface area contributed by atoms with Gasteiger partial charge in [0.15, 0.2) is 0 Å². The largest absolute Gasteiger partial charge is 0.468 e. The summed E-state index contributed by atoms with van der Waals surface area (Å²) >= 11 is 0. The van der Waals surface area contributed by atoms with Crippen LogP contribution in [0.25, 0.3) is 0 Å². The minimum atomic E-state index is -0.228. The summed E-state index contributed by atoms with van der Waals surface area (Å²) in [5.74, 6) is 0.748. The van der Waals surface area contributed by atoms with E-state index in [1.54, 1.807) is 0 Å². The van der Waals surface area contributed by atoms with Gasteiger partial charge in [-0.2, -0.15) is 0 Å². The number of carbonyl (C=O) groups is 1. The third kappa shape index (κ3) is 5.41. The van der Waals surface area contributed by atoms with Crippen LogP contribution in [0.4, 0.5) is 0 Å². The summed E-state index contributed by atoms with van der Waals surface area (Å²) in [5.41, 5.74) is 0. The average molecular weight is 284 g/mol. The smallest absolute Gasteiger partial charge is 0.324 e. The summed E-state index contributed by atoms with van der Waals surface area (Å²) in [6, 6.07) is 0.663. The van der Waals surface area contributed by atoms with Crippen LogP contribution in [0.3, 0.4) is 0 Å². The van der Waals surface area contributed by atoms with Crippen LogP contribution in [0, 0.1) is 5.92 Å². The van der Waals surface area contributed by atoms with E-state index in [1.807, 2.05) is 0 Å². The molecule has 0 saturated heterocycles. The average Bonchev–Trinajstić information content (AvgIpc) is 2.45. The second-order valence-electron chi connectivity index (χ2n) is 6.42. The number of likely N-dealkylation sites (N-methyl/N-ethyl adjacent to an activating group) is 1. The number of ether oxygens (including phenoxy) is 1. The van der Waals surface area contributed by atoms with Gasteiger partial charge < -0.3 is 15.0 Å². The third-order valence-corrected chi connectivity index (χ3v) is 4.51. The molecule has 1 fully saturated rings. The van der Waals surface area contributed by atoms with Gasteiger partial charge >= 0.3 is 5.97 Å². The number of hydrogen-bond acceptors (Lipinski definition) is 4. The predicted molar refractivity (Wildman–Crippen MR) is 82.7 cm³/mol. The molecule has 1 aliphatic carbocycles. The molecule has 20 heavy (non-hydrogen) atoms. The van der Waals surface area contributed by atoms with Crippen LogP contribution in [0.2, 0.25) is 0 Å². The number of methoxy groups -OCH3 is 1. The van der Waals surface area contributed by atoms with Gasteiger partial charge in [-0.1, -0.05) is 27.2 Å². The maximum absolute atomic E-state index is 11.9. The van der Waals surface area contributed by atoms with E-state index in [1.165, 1.54) is 39.2 Å². The van der Waals surface area contributed by atoms with Crippen molar-refractivity contribution in [3.63, 3.8) is 0 Å². The molecule has 1 aliphatic rings. The minimum absolute atomic E-state index is 0.159. The monoisotopic (exact) mass is 284 g/mol. The lowest BCUT2D eigenvalue weighted by Gasteiger charge is -2.36. The Balaban J connectivity index is 2.49. The summed E-state index contributed by atoms with van der Waals surface area (Å²) in [7, 11) is 3.60. The highest BCUT2D eigenvalue weighted by molar-refractivity contribution is 5.76. The summed E-state index contributed by atoms with van der Waals surface area (Å²) < 4.78 is 4.91. The van der Waals surface area contributed by atoms with Crippen molar-refractivity contribution in [3.8, 4) is 0 Å². The Hall–Kier alpha value is -0.610. The first kappa shape index (κ1) is 17.4. The maximum Gasteiger partial charge on any atom is 0.324 e. The van der Waals surface area contributed by atoms with E-state index in [2.05, 4.69) is 38.0 Å². The van der Waals surface area contributed by atoms with Crippen molar-refractivity contribution in [1.82, 2.24) is 10.2 Å². The summed E-state index contributed by atoms with van der Waals surface area (Å²) in [4.78, 5) is 14.2. The van der Waals surface area contributed by atoms with Gasteiger partial charge in [-0.3, -0.25) is 4.79 Å². The van der Waals surface area contributed by atoms with Gasteiger partial charge in [0.1, 0.15) is 6.04 Å². The standard InChI is InChI=1S/C16H32N2O2/c1-6-13-7-9-14(10-8-13)18(4)11-15(16(19)20-5)17-12(2)3/h12-15,17H,6-11H2,1-5H3. The van der Waals surface area contributed by atoms with Gasteiger partial charge in [-0.25, -0.2) is 0 Å². The highest BCUT2D eigenvalue weighted by atomic mass is 16.5. The van der Waals surface area contributed by atoms with Gasteiger partial charge in [0.2, 0.25) is 0 Å². The van der Waals surface area contributed by atoms with Crippen LogP contribution < -0.4 is 5.32 Å². The zero-order chi connectivity index (χ0) is 15.1. The molecular weight excluding hydrogens is 252 g/mol. The van der Waals surface area contributed by atoms with E-state index in [0.29, 0.717) is 6.04 Å². The molecule has 0 spiro atoms. The Labute approximate surface area is 124 Å². The molecule has 0 aliphatic heterocycles. The lowest BCUT2D eigenvalue weighted by Crippen LogP contribution is -2.50. The molecule has 4 heteroatoms. The molecular formula is C16H32N2O2. The molecule has 1 unspecified atom stereocenters. The highest BCUT2D eigenvalue weighted by Crippen LogP contribution is 2.28. The van der Waals surface area contributed by atoms with Crippen molar-refractivity contribution >= 4 is 5.97 Å². The topological polar surface area (TPSA) is 41.6 Å². The van der Waals surface area contributed by atoms with Crippen molar-refractivity contribution < 1.29 is 9.53 Å². The Bertz CT molecular complexity index is 286. The minimum Gasteiger partial charge on any atom is -0.468 e. The summed E-state index contributed by atoms with van der Waals surface area (Å²) in [6.07, 6.45) is 6.46. The van der Waals surface area contributed by atoms with E-state index in [4.69, 9.17) is 4.74 Å². The maximum atomic E-state index is 11.9. The molecule has 4 nitrogen and oxygen atoms in total. The van der Waals surface area contributed by atoms with Crippen molar-refractivity contribution in [2.45, 2.75) is 71.0 Å². The Morgan fingerprint density at radius 2 is 1.90 bits per heavy atom. The van der Waals surface area contributed by atoms with Crippen LogP contribution in [-0.4, -0.2) is 49.7 Å². The molecule has 1 rings (SSSR count). The SMILES string of the molecule is CCC1CCC(N(C)CC(NC(C)C)C(=O)OC)CC1. The van der Waals surface area contributed by atoms with Gasteiger partial charge in [-0.15, -0.1) is 0 Å². The molecule has 0 aromatic rings. The molecule has 1 N–H and O–H groups in total. The van der Waals surface area contributed by atoms with Crippen molar-refractivity contribution in [2.24, 2.45) is 5.92 Å². The molecule has 118 valence electrons. The number of hydrogen-bond donors (Lipinski definition) is 1. The van der Waals surface area contributed by atoms with Crippen molar-refractivity contribution in [1.29, 1.82) is 0 Å². The molecule has 0 aromatic heterocycles. The third-order valence-electron chi connectivity index (χ3n) is 4.51. The number of carbonyl (C=O) groups excluding carboxylic acids is 1. The van der Waals surface area contributed by atoms with Crippen molar-refractivity contribution in [2.75, 3.05) is 20.7 Å². The van der Waals surface area contributed by atoms with E-state index in [-0.39, 0.29) is 18.1 Å². The Morgan fingerprint density at radius 1 is 1.30 bits per heavy atom. The van der Waals surface area contributed by atoms with Gasteiger partial charge in [0, 0.05) is 18.6 Å². The highest BCUT2D eigenvalue weighted by Gasteiger charge is 2.27. The lowest BCUT2D eigenvalue weighted by molar-refractivity contribution is -0.144. The zero-order valence-electron chi connectivity index (χ0n) is 13.8. The lowest BCUT2D eigenvalue weighted by atomic mass is 9.84. The van der Waals surface area contributed by atoms with E-state index in [9.17, 15) is 4.79 Å². The number of nitrogens with one attached hydrogen (secondary N) is 1. The van der Waals surface area contributed by atoms with Crippen LogP contribution in [0.15, 0.2) is 0 Å². The normalized spacial score (nSPS) is 24.9. The van der Waals surface area contributed by atoms with Crippen LogP contribution in [0.5, 0.6) is 0 Å². The summed E-state index contributed by atoms with van der Waals surface area (Å²) in [6.45, 7) is 7.13. The van der Waals surface area contributed by atoms with E-state index in [0.717, 1.165) is 12.5 Å². The fraction of sp³-hybridized carbons (Fsp3) is 0.938. The van der Waals surface area contributed by atoms with Gasteiger partial charge in [0.05, 0.1) is 7.11 Å². The van der Waals surface area contributed by atoms with Crippen LogP contribution in [0.1, 0.15) is 52.9 Å². The molecule has 0 heterocycles. The number of rotatable bonds is 7. The second-order valence-corrected chi connectivity index (χ2v) is 6.42. The molecule has 1 atom stereocenters. The molecule has 0 amide bonds. The van der Waals surface area contributed by atoms with Gasteiger partial charge in [0.25, 0.3) is 0 Å². The fourth-order valence-electron chi connectivity index (χ4n) is 3.17. The molecule has 0 radical (unpaired) electrons. The number of nitrogens with zero attached hydrogens (tertiary/aromatic N) is 1. The zero-order valence-corrected chi connectivity index (χ0v) is 13.8. The fourth-order valence-corrected chi connectivity index (χ4v) is 3.17. The molecule has 0 bridgehead atoms. The first-order valence-corrected chi connectivity index (χ1v) is 8.02. The van der Waals surface area contributed by atoms with Crippen LogP contribution >= 0.6 is 0 Å². The first-order valence-electron chi connectivity index (χ1n) is 8.02. The predicted octanol–water partition coefficient (Wildman–Crippen LogP) is 2.43. The molecule has 1 saturated carbocycles.